The van der Waals surface area contributed by atoms with Crippen LogP contribution < -0.4 is 5.32 Å². The van der Waals surface area contributed by atoms with Crippen LogP contribution in [0.25, 0.3) is 5.57 Å². The lowest BCUT2D eigenvalue weighted by molar-refractivity contribution is 0.920. The van der Waals surface area contributed by atoms with Gasteiger partial charge in [-0.2, -0.15) is 0 Å². The third-order valence-corrected chi connectivity index (χ3v) is 2.74. The zero-order chi connectivity index (χ0) is 11.0. The number of nitrogens with one attached hydrogen (secondary N) is 1. The monoisotopic (exact) mass is 211 g/mol. The molecule has 1 rings (SSSR count). The molecule has 0 aromatic carbocycles. The molecule has 0 aliphatic rings. The first kappa shape index (κ1) is 13.4. The molecule has 14 heavy (non-hydrogen) atoms. The molecule has 0 amide bonds. The van der Waals surface area contributed by atoms with Gasteiger partial charge in [0.2, 0.25) is 0 Å². The Morgan fingerprint density at radius 3 is 2.57 bits per heavy atom. The summed E-state index contributed by atoms with van der Waals surface area (Å²) >= 11 is 1.80. The fraction of sp³-hybridized carbons (Fsp3) is 0.500. The topological polar surface area (TPSA) is 12.0 Å². The van der Waals surface area contributed by atoms with Crippen LogP contribution in [0.2, 0.25) is 0 Å². The van der Waals surface area contributed by atoms with Gasteiger partial charge in [0.15, 0.2) is 0 Å². The fourth-order valence-corrected chi connectivity index (χ4v) is 1.92. The summed E-state index contributed by atoms with van der Waals surface area (Å²) in [6.45, 7) is 9.27. The fourth-order valence-electron chi connectivity index (χ4n) is 1.16. The number of rotatable bonds is 3. The van der Waals surface area contributed by atoms with Gasteiger partial charge in [0.25, 0.3) is 0 Å². The van der Waals surface area contributed by atoms with Gasteiger partial charge in [-0.05, 0) is 43.5 Å². The van der Waals surface area contributed by atoms with E-state index in [0.29, 0.717) is 0 Å². The van der Waals surface area contributed by atoms with Gasteiger partial charge in [-0.1, -0.05) is 19.9 Å². The highest BCUT2D eigenvalue weighted by atomic mass is 32.1. The standard InChI is InChI=1S/C10H15NS.C2H6/c1-8(4-6-11-3)10-5-7-12-9(10)2;1-2/h4-5,7,11H,6H2,1-3H3;1-2H3/b8-4+;. The first-order valence-electron chi connectivity index (χ1n) is 5.11. The van der Waals surface area contributed by atoms with Crippen molar-refractivity contribution in [1.82, 2.24) is 5.32 Å². The van der Waals surface area contributed by atoms with E-state index in [0.717, 1.165) is 6.54 Å². The molecule has 0 unspecified atom stereocenters. The highest BCUT2D eigenvalue weighted by molar-refractivity contribution is 7.10. The minimum absolute atomic E-state index is 0.946. The summed E-state index contributed by atoms with van der Waals surface area (Å²) in [6, 6.07) is 2.18. The predicted molar refractivity (Wildman–Crippen MR) is 68.0 cm³/mol. The van der Waals surface area contributed by atoms with E-state index in [1.165, 1.54) is 16.0 Å². The second kappa shape index (κ2) is 7.77. The first-order valence-corrected chi connectivity index (χ1v) is 5.99. The Kier molecular flexibility index (Phi) is 7.44. The van der Waals surface area contributed by atoms with E-state index in [-0.39, 0.29) is 0 Å². The Morgan fingerprint density at radius 1 is 1.50 bits per heavy atom. The molecule has 0 bridgehead atoms. The van der Waals surface area contributed by atoms with Crippen LogP contribution in [-0.4, -0.2) is 13.6 Å². The van der Waals surface area contributed by atoms with Crippen molar-refractivity contribution in [3.05, 3.63) is 28.0 Å². The highest BCUT2D eigenvalue weighted by Crippen LogP contribution is 2.22. The van der Waals surface area contributed by atoms with Gasteiger partial charge in [-0.15, -0.1) is 11.3 Å². The summed E-state index contributed by atoms with van der Waals surface area (Å²) in [4.78, 5) is 1.40. The highest BCUT2D eigenvalue weighted by Gasteiger charge is 1.99. The Bertz CT molecular complexity index is 274. The van der Waals surface area contributed by atoms with Crippen molar-refractivity contribution >= 4 is 16.9 Å². The molecule has 0 aliphatic heterocycles. The number of thiophene rings is 1. The van der Waals surface area contributed by atoms with Gasteiger partial charge >= 0.3 is 0 Å². The molecule has 0 aliphatic carbocycles. The lowest BCUT2D eigenvalue weighted by Crippen LogP contribution is -2.04. The van der Waals surface area contributed by atoms with E-state index in [1.807, 2.05) is 20.9 Å². The summed E-state index contributed by atoms with van der Waals surface area (Å²) in [5, 5.41) is 5.25. The van der Waals surface area contributed by atoms with E-state index in [4.69, 9.17) is 0 Å². The average Bonchev–Trinajstić information content (AvgIpc) is 2.64. The Labute approximate surface area is 91.9 Å². The van der Waals surface area contributed by atoms with Gasteiger partial charge in [0.1, 0.15) is 0 Å². The minimum Gasteiger partial charge on any atom is -0.316 e. The summed E-state index contributed by atoms with van der Waals surface area (Å²) in [5.41, 5.74) is 2.75. The molecule has 0 atom stereocenters. The van der Waals surface area contributed by atoms with Crippen molar-refractivity contribution in [2.75, 3.05) is 13.6 Å². The van der Waals surface area contributed by atoms with Gasteiger partial charge in [-0.3, -0.25) is 0 Å². The molecule has 1 heterocycles. The molecule has 2 heteroatoms. The molecule has 1 nitrogen and oxygen atoms in total. The molecular weight excluding hydrogens is 190 g/mol. The number of hydrogen-bond acceptors (Lipinski definition) is 2. The maximum Gasteiger partial charge on any atom is 0.0137 e. The maximum atomic E-state index is 3.11. The van der Waals surface area contributed by atoms with Crippen LogP contribution >= 0.6 is 11.3 Å². The summed E-state index contributed by atoms with van der Waals surface area (Å²) in [7, 11) is 1.96. The summed E-state index contributed by atoms with van der Waals surface area (Å²) in [5.74, 6) is 0. The van der Waals surface area contributed by atoms with Crippen molar-refractivity contribution in [3.8, 4) is 0 Å². The second-order valence-electron chi connectivity index (χ2n) is 2.84. The Balaban J connectivity index is 0.000000791. The van der Waals surface area contributed by atoms with Crippen LogP contribution in [0.3, 0.4) is 0 Å². The van der Waals surface area contributed by atoms with Crippen molar-refractivity contribution in [3.63, 3.8) is 0 Å². The van der Waals surface area contributed by atoms with Crippen molar-refractivity contribution in [2.45, 2.75) is 27.7 Å². The van der Waals surface area contributed by atoms with Gasteiger partial charge < -0.3 is 5.32 Å². The van der Waals surface area contributed by atoms with Crippen molar-refractivity contribution < 1.29 is 0 Å². The van der Waals surface area contributed by atoms with Crippen LogP contribution in [-0.2, 0) is 0 Å². The van der Waals surface area contributed by atoms with E-state index >= 15 is 0 Å². The molecule has 1 aromatic rings. The van der Waals surface area contributed by atoms with Crippen molar-refractivity contribution in [1.29, 1.82) is 0 Å². The average molecular weight is 211 g/mol. The Morgan fingerprint density at radius 2 is 2.14 bits per heavy atom. The molecule has 0 spiro atoms. The van der Waals surface area contributed by atoms with Crippen LogP contribution in [0.15, 0.2) is 17.5 Å². The van der Waals surface area contributed by atoms with Crippen LogP contribution in [0.1, 0.15) is 31.2 Å². The van der Waals surface area contributed by atoms with Crippen LogP contribution in [0, 0.1) is 6.92 Å². The lowest BCUT2D eigenvalue weighted by atomic mass is 10.1. The van der Waals surface area contributed by atoms with Gasteiger partial charge in [0, 0.05) is 11.4 Å². The zero-order valence-corrected chi connectivity index (χ0v) is 10.7. The smallest absolute Gasteiger partial charge is 0.0137 e. The SMILES string of the molecule is CC.CNC/C=C(\C)c1ccsc1C. The molecule has 0 saturated heterocycles. The second-order valence-corrected chi connectivity index (χ2v) is 3.96. The van der Waals surface area contributed by atoms with Gasteiger partial charge in [0.05, 0.1) is 0 Å². The normalized spacial score (nSPS) is 10.8. The maximum absolute atomic E-state index is 3.11. The minimum atomic E-state index is 0.946. The van der Waals surface area contributed by atoms with E-state index < -0.39 is 0 Å². The van der Waals surface area contributed by atoms with Gasteiger partial charge in [-0.25, -0.2) is 0 Å². The molecule has 1 N–H and O–H groups in total. The van der Waals surface area contributed by atoms with Crippen LogP contribution in [0.5, 0.6) is 0 Å². The van der Waals surface area contributed by atoms with E-state index in [9.17, 15) is 0 Å². The van der Waals surface area contributed by atoms with E-state index in [1.54, 1.807) is 11.3 Å². The molecule has 0 saturated carbocycles. The zero-order valence-electron chi connectivity index (χ0n) is 9.85. The van der Waals surface area contributed by atoms with Crippen molar-refractivity contribution in [2.24, 2.45) is 0 Å². The number of allylic oxidation sites excluding steroid dienone is 1. The molecule has 0 fully saturated rings. The predicted octanol–water partition coefficient (Wildman–Crippen LogP) is 3.71. The summed E-state index contributed by atoms with van der Waals surface area (Å²) in [6.07, 6.45) is 2.22. The van der Waals surface area contributed by atoms with Crippen LogP contribution in [0.4, 0.5) is 0 Å². The Hall–Kier alpha value is -0.600. The third kappa shape index (κ3) is 4.07. The lowest BCUT2D eigenvalue weighted by Gasteiger charge is -1.99. The quantitative estimate of drug-likeness (QED) is 0.803. The molecule has 0 radical (unpaired) electrons. The molecule has 80 valence electrons. The molecular formula is C12H21NS. The number of aryl methyl sites for hydroxylation is 1. The summed E-state index contributed by atoms with van der Waals surface area (Å²) < 4.78 is 0. The first-order chi connectivity index (χ1) is 6.75. The third-order valence-electron chi connectivity index (χ3n) is 1.90. The number of hydrogen-bond donors (Lipinski definition) is 1. The molecule has 1 aromatic heterocycles. The van der Waals surface area contributed by atoms with E-state index in [2.05, 4.69) is 36.7 Å². The number of likely N-dealkylation sites (N-methyl/N-ethyl adjacent to an activating group) is 1. The largest absolute Gasteiger partial charge is 0.316 e.